The van der Waals surface area contributed by atoms with Crippen molar-refractivity contribution in [3.05, 3.63) is 17.9 Å². The number of furan rings is 1. The van der Waals surface area contributed by atoms with E-state index < -0.39 is 0 Å². The Hall–Kier alpha value is -1.98. The van der Waals surface area contributed by atoms with Crippen molar-refractivity contribution in [1.82, 2.24) is 5.01 Å². The van der Waals surface area contributed by atoms with E-state index in [2.05, 4.69) is 9.84 Å². The van der Waals surface area contributed by atoms with Gasteiger partial charge in [-0.15, -0.1) is 0 Å². The minimum absolute atomic E-state index is 0.173. The number of rotatable bonds is 2. The van der Waals surface area contributed by atoms with Crippen LogP contribution in [-0.4, -0.2) is 30.5 Å². The van der Waals surface area contributed by atoms with Gasteiger partial charge in [0.05, 0.1) is 6.21 Å². The van der Waals surface area contributed by atoms with Crippen LogP contribution in [0.15, 0.2) is 21.7 Å². The van der Waals surface area contributed by atoms with Gasteiger partial charge in [-0.2, -0.15) is 5.10 Å². The van der Waals surface area contributed by atoms with Gasteiger partial charge in [0, 0.05) is 6.07 Å². The second-order valence-electron chi connectivity index (χ2n) is 2.79. The molecule has 0 unspecified atom stereocenters. The highest BCUT2D eigenvalue weighted by molar-refractivity contribution is 5.77. The van der Waals surface area contributed by atoms with Crippen LogP contribution in [0.4, 0.5) is 5.88 Å². The number of nitrogens with zero attached hydrogens (tertiary/aromatic N) is 2. The summed E-state index contributed by atoms with van der Waals surface area (Å²) in [6.45, 7) is 0.359. The fraction of sp³-hybridized carbons (Fsp3) is 0.250. The fourth-order valence-corrected chi connectivity index (χ4v) is 1.04. The van der Waals surface area contributed by atoms with Crippen molar-refractivity contribution in [2.75, 3.05) is 19.0 Å². The topological polar surface area (TPSA) is 81.1 Å². The van der Waals surface area contributed by atoms with Crippen molar-refractivity contribution in [3.63, 3.8) is 0 Å². The monoisotopic (exact) mass is 195 g/mol. The molecule has 0 spiro atoms. The molecule has 1 saturated heterocycles. The predicted octanol–water partition coefficient (Wildman–Crippen LogP) is 0.0120. The molecular weight excluding hydrogens is 186 g/mol. The van der Waals surface area contributed by atoms with E-state index >= 15 is 0 Å². The largest absolute Gasteiger partial charge is 0.441 e. The van der Waals surface area contributed by atoms with Crippen molar-refractivity contribution in [2.45, 2.75) is 0 Å². The normalized spacial score (nSPS) is 16.6. The lowest BCUT2D eigenvalue weighted by Gasteiger charge is -2.03. The van der Waals surface area contributed by atoms with Crippen LogP contribution in [0.25, 0.3) is 0 Å². The van der Waals surface area contributed by atoms with Crippen molar-refractivity contribution in [2.24, 2.45) is 5.10 Å². The molecule has 2 rings (SSSR count). The van der Waals surface area contributed by atoms with E-state index in [1.54, 1.807) is 12.1 Å². The average molecular weight is 195 g/mol. The summed E-state index contributed by atoms with van der Waals surface area (Å²) in [5.74, 6) is 0.600. The van der Waals surface area contributed by atoms with Gasteiger partial charge < -0.3 is 14.9 Å². The first kappa shape index (κ1) is 8.61. The number of nitrogen functional groups attached to an aromatic ring is 1. The zero-order valence-corrected chi connectivity index (χ0v) is 7.34. The molecule has 0 atom stereocenters. The lowest BCUT2D eigenvalue weighted by Crippen LogP contribution is -2.13. The molecule has 2 N–H and O–H groups in total. The number of carbonyl (C=O) groups is 1. The summed E-state index contributed by atoms with van der Waals surface area (Å²) in [5, 5.41) is 5.46. The predicted molar refractivity (Wildman–Crippen MR) is 48.4 cm³/mol. The molecule has 0 radical (unpaired) electrons. The smallest absolute Gasteiger partial charge is 0.329 e. The quantitative estimate of drug-likeness (QED) is 0.531. The molecule has 14 heavy (non-hydrogen) atoms. The Morgan fingerprint density at radius 1 is 1.57 bits per heavy atom. The lowest BCUT2D eigenvalue weighted by atomic mass is 10.5. The van der Waals surface area contributed by atoms with E-state index in [1.165, 1.54) is 11.2 Å². The van der Waals surface area contributed by atoms with Gasteiger partial charge in [-0.3, -0.25) is 0 Å². The van der Waals surface area contributed by atoms with Crippen molar-refractivity contribution in [1.29, 1.82) is 0 Å². The fourth-order valence-electron chi connectivity index (χ4n) is 1.04. The molecule has 1 aromatic heterocycles. The van der Waals surface area contributed by atoms with Crippen molar-refractivity contribution < 1.29 is 13.9 Å². The van der Waals surface area contributed by atoms with Crippen LogP contribution in [0.2, 0.25) is 0 Å². The third-order valence-electron chi connectivity index (χ3n) is 1.68. The molecule has 2 heterocycles. The van der Waals surface area contributed by atoms with Gasteiger partial charge in [0.25, 0.3) is 0 Å². The van der Waals surface area contributed by atoms with Gasteiger partial charge in [0.1, 0.15) is 12.3 Å². The van der Waals surface area contributed by atoms with E-state index in [9.17, 15) is 4.79 Å². The first-order chi connectivity index (χ1) is 6.74. The molecule has 0 amide bonds. The molecule has 0 aliphatic carbocycles. The van der Waals surface area contributed by atoms with Crippen LogP contribution >= 0.6 is 0 Å². The SMILES string of the molecule is Nc1ccc(/C=N/N2COC(=O)C2)o1. The van der Waals surface area contributed by atoms with Crippen LogP contribution < -0.4 is 5.73 Å². The van der Waals surface area contributed by atoms with Crippen LogP contribution in [0, 0.1) is 0 Å². The first-order valence-corrected chi connectivity index (χ1v) is 4.04. The number of cyclic esters (lactones) is 1. The third kappa shape index (κ3) is 1.85. The molecule has 0 saturated carbocycles. The van der Waals surface area contributed by atoms with E-state index in [1.807, 2.05) is 0 Å². The van der Waals surface area contributed by atoms with Gasteiger partial charge in [0.2, 0.25) is 0 Å². The Kier molecular flexibility index (Phi) is 2.10. The van der Waals surface area contributed by atoms with E-state index in [0.29, 0.717) is 11.6 Å². The maximum atomic E-state index is 10.7. The standard InChI is InChI=1S/C8H9N3O3/c9-7-2-1-6(14-7)3-10-11-4-8(12)13-5-11/h1-3H,4-5,9H2/b10-3+. The number of nitrogens with two attached hydrogens (primary N) is 1. The number of hydrogen-bond donors (Lipinski definition) is 1. The van der Waals surface area contributed by atoms with Crippen molar-refractivity contribution in [3.8, 4) is 0 Å². The molecule has 1 aliphatic heterocycles. The second-order valence-corrected chi connectivity index (χ2v) is 2.79. The van der Waals surface area contributed by atoms with E-state index in [-0.39, 0.29) is 19.2 Å². The van der Waals surface area contributed by atoms with E-state index in [4.69, 9.17) is 10.2 Å². The highest BCUT2D eigenvalue weighted by atomic mass is 16.6. The number of hydrazone groups is 1. The number of ether oxygens (including phenoxy) is 1. The maximum Gasteiger partial charge on any atom is 0.329 e. The molecule has 0 bridgehead atoms. The van der Waals surface area contributed by atoms with Gasteiger partial charge >= 0.3 is 5.97 Å². The Balaban J connectivity index is 1.97. The zero-order valence-electron chi connectivity index (χ0n) is 7.34. The minimum Gasteiger partial charge on any atom is -0.441 e. The summed E-state index contributed by atoms with van der Waals surface area (Å²) < 4.78 is 9.72. The van der Waals surface area contributed by atoms with Crippen LogP contribution in [0.3, 0.4) is 0 Å². The molecule has 1 aliphatic rings. The van der Waals surface area contributed by atoms with Crippen LogP contribution in [0.1, 0.15) is 5.76 Å². The lowest BCUT2D eigenvalue weighted by molar-refractivity contribution is -0.136. The number of hydrogen-bond acceptors (Lipinski definition) is 6. The number of esters is 1. The summed E-state index contributed by atoms with van der Waals surface area (Å²) in [7, 11) is 0. The summed E-state index contributed by atoms with van der Waals surface area (Å²) in [4.78, 5) is 10.7. The summed E-state index contributed by atoms with van der Waals surface area (Å²) in [6, 6.07) is 3.32. The Morgan fingerprint density at radius 2 is 2.43 bits per heavy atom. The van der Waals surface area contributed by atoms with Gasteiger partial charge in [-0.05, 0) is 6.07 Å². The zero-order chi connectivity index (χ0) is 9.97. The average Bonchev–Trinajstić information content (AvgIpc) is 2.72. The summed E-state index contributed by atoms with van der Waals surface area (Å²) in [5.41, 5.74) is 5.36. The van der Waals surface area contributed by atoms with Crippen molar-refractivity contribution >= 4 is 18.1 Å². The second kappa shape index (κ2) is 3.41. The summed E-state index contributed by atoms with van der Waals surface area (Å²) >= 11 is 0. The molecule has 0 aromatic carbocycles. The summed E-state index contributed by atoms with van der Waals surface area (Å²) in [6.07, 6.45) is 1.48. The number of anilines is 1. The highest BCUT2D eigenvalue weighted by Crippen LogP contribution is 2.07. The van der Waals surface area contributed by atoms with Gasteiger partial charge in [0.15, 0.2) is 12.6 Å². The third-order valence-corrected chi connectivity index (χ3v) is 1.68. The Labute approximate surface area is 79.9 Å². The van der Waals surface area contributed by atoms with Crippen LogP contribution in [0.5, 0.6) is 0 Å². The molecule has 6 heteroatoms. The molecule has 1 fully saturated rings. The minimum atomic E-state index is -0.277. The molecule has 1 aromatic rings. The molecule has 6 nitrogen and oxygen atoms in total. The molecule has 74 valence electrons. The highest BCUT2D eigenvalue weighted by Gasteiger charge is 2.18. The Bertz CT molecular complexity index is 372. The Morgan fingerprint density at radius 3 is 3.00 bits per heavy atom. The number of carbonyl (C=O) groups excluding carboxylic acids is 1. The molecular formula is C8H9N3O3. The maximum absolute atomic E-state index is 10.7. The van der Waals surface area contributed by atoms with E-state index in [0.717, 1.165) is 0 Å². The first-order valence-electron chi connectivity index (χ1n) is 4.04. The van der Waals surface area contributed by atoms with Crippen LogP contribution in [-0.2, 0) is 9.53 Å². The van der Waals surface area contributed by atoms with Gasteiger partial charge in [-0.25, -0.2) is 9.80 Å². The van der Waals surface area contributed by atoms with Gasteiger partial charge in [-0.1, -0.05) is 0 Å².